The molecule has 18 heavy (non-hydrogen) atoms. The zero-order chi connectivity index (χ0) is 13.1. The molecule has 3 nitrogen and oxygen atoms in total. The van der Waals surface area contributed by atoms with Crippen molar-refractivity contribution in [3.63, 3.8) is 0 Å². The molecule has 0 saturated heterocycles. The Bertz CT molecular complexity index is 447. The van der Waals surface area contributed by atoms with Gasteiger partial charge in [-0.1, -0.05) is 25.4 Å². The van der Waals surface area contributed by atoms with E-state index in [4.69, 9.17) is 11.6 Å². The van der Waals surface area contributed by atoms with Gasteiger partial charge in [-0.3, -0.25) is 4.79 Å². The maximum absolute atomic E-state index is 12.2. The van der Waals surface area contributed by atoms with Crippen LogP contribution in [0.2, 0.25) is 5.02 Å². The van der Waals surface area contributed by atoms with E-state index in [0.29, 0.717) is 22.5 Å². The maximum Gasteiger partial charge on any atom is 0.253 e. The number of nitrogens with one attached hydrogen (secondary N) is 2. The van der Waals surface area contributed by atoms with Crippen molar-refractivity contribution in [2.45, 2.75) is 32.7 Å². The predicted octanol–water partition coefficient (Wildman–Crippen LogP) is 3.30. The summed E-state index contributed by atoms with van der Waals surface area (Å²) in [6, 6.07) is 5.72. The Kier molecular flexibility index (Phi) is 4.12. The highest BCUT2D eigenvalue weighted by Gasteiger charge is 2.34. The molecule has 2 rings (SSSR count). The topological polar surface area (TPSA) is 41.1 Å². The van der Waals surface area contributed by atoms with Crippen LogP contribution < -0.4 is 10.6 Å². The lowest BCUT2D eigenvalue weighted by Gasteiger charge is -2.12. The van der Waals surface area contributed by atoms with E-state index in [1.165, 1.54) is 0 Å². The molecular formula is C14H19ClN2O. The molecule has 2 unspecified atom stereocenters. The van der Waals surface area contributed by atoms with Crippen LogP contribution in [0.1, 0.15) is 37.0 Å². The van der Waals surface area contributed by atoms with Crippen LogP contribution in [-0.2, 0) is 0 Å². The molecule has 1 aliphatic carbocycles. The summed E-state index contributed by atoms with van der Waals surface area (Å²) in [6.07, 6.45) is 2.09. The Morgan fingerprint density at radius 1 is 1.50 bits per heavy atom. The number of anilines is 1. The Balaban J connectivity index is 2.12. The molecule has 1 aromatic rings. The Morgan fingerprint density at radius 3 is 2.83 bits per heavy atom. The first kappa shape index (κ1) is 13.2. The Labute approximate surface area is 113 Å². The summed E-state index contributed by atoms with van der Waals surface area (Å²) in [6.45, 7) is 5.08. The normalized spacial score (nSPS) is 21.5. The molecule has 0 aliphatic heterocycles. The molecule has 0 heterocycles. The van der Waals surface area contributed by atoms with Crippen LogP contribution in [0.25, 0.3) is 0 Å². The minimum atomic E-state index is -0.0366. The summed E-state index contributed by atoms with van der Waals surface area (Å²) in [5.41, 5.74) is 1.49. The number of rotatable bonds is 5. The van der Waals surface area contributed by atoms with Gasteiger partial charge in [0, 0.05) is 23.3 Å². The minimum Gasteiger partial charge on any atom is -0.384 e. The summed E-state index contributed by atoms with van der Waals surface area (Å²) < 4.78 is 0. The van der Waals surface area contributed by atoms with Crippen LogP contribution in [0.15, 0.2) is 18.2 Å². The molecule has 0 spiro atoms. The van der Waals surface area contributed by atoms with Crippen molar-refractivity contribution >= 4 is 23.2 Å². The van der Waals surface area contributed by atoms with Crippen molar-refractivity contribution in [2.24, 2.45) is 5.92 Å². The standard InChI is InChI=1S/C14H19ClN2O/c1-3-6-16-12-5-4-10(15)8-11(12)14(18)17-13-7-9(13)2/h4-5,8-9,13,16H,3,6-7H2,1-2H3,(H,17,18). The molecule has 98 valence electrons. The SMILES string of the molecule is CCCNc1ccc(Cl)cc1C(=O)NC1CC1C. The van der Waals surface area contributed by atoms with Crippen LogP contribution in [0.5, 0.6) is 0 Å². The number of amides is 1. The quantitative estimate of drug-likeness (QED) is 0.859. The summed E-state index contributed by atoms with van der Waals surface area (Å²) in [5.74, 6) is 0.561. The average Bonchev–Trinajstić information content (AvgIpc) is 3.03. The van der Waals surface area contributed by atoms with Crippen molar-refractivity contribution in [1.29, 1.82) is 0 Å². The van der Waals surface area contributed by atoms with E-state index in [-0.39, 0.29) is 5.91 Å². The van der Waals surface area contributed by atoms with Gasteiger partial charge in [-0.05, 0) is 37.0 Å². The lowest BCUT2D eigenvalue weighted by molar-refractivity contribution is 0.0950. The number of halogens is 1. The molecule has 1 aromatic carbocycles. The van der Waals surface area contributed by atoms with E-state index < -0.39 is 0 Å². The number of carbonyl (C=O) groups excluding carboxylic acids is 1. The minimum absolute atomic E-state index is 0.0366. The van der Waals surface area contributed by atoms with E-state index >= 15 is 0 Å². The molecule has 4 heteroatoms. The highest BCUT2D eigenvalue weighted by atomic mass is 35.5. The van der Waals surface area contributed by atoms with E-state index in [9.17, 15) is 4.79 Å². The van der Waals surface area contributed by atoms with Gasteiger partial charge < -0.3 is 10.6 Å². The van der Waals surface area contributed by atoms with Gasteiger partial charge in [-0.15, -0.1) is 0 Å². The zero-order valence-electron chi connectivity index (χ0n) is 10.8. The largest absolute Gasteiger partial charge is 0.384 e. The second-order valence-electron chi connectivity index (χ2n) is 4.91. The summed E-state index contributed by atoms with van der Waals surface area (Å²) in [5, 5.41) is 6.87. The van der Waals surface area contributed by atoms with Crippen molar-refractivity contribution in [3.8, 4) is 0 Å². The fourth-order valence-electron chi connectivity index (χ4n) is 1.89. The lowest BCUT2D eigenvalue weighted by Crippen LogP contribution is -2.27. The van der Waals surface area contributed by atoms with Crippen molar-refractivity contribution < 1.29 is 4.79 Å². The first-order chi connectivity index (χ1) is 8.61. The first-order valence-electron chi connectivity index (χ1n) is 6.46. The van der Waals surface area contributed by atoms with Gasteiger partial charge in [0.15, 0.2) is 0 Å². The summed E-state index contributed by atoms with van der Waals surface area (Å²) >= 11 is 5.97. The fraction of sp³-hybridized carbons (Fsp3) is 0.500. The zero-order valence-corrected chi connectivity index (χ0v) is 11.6. The highest BCUT2D eigenvalue weighted by molar-refractivity contribution is 6.31. The molecule has 1 fully saturated rings. The van der Waals surface area contributed by atoms with Crippen LogP contribution in [0.4, 0.5) is 5.69 Å². The molecule has 2 N–H and O–H groups in total. The Hall–Kier alpha value is -1.22. The highest BCUT2D eigenvalue weighted by Crippen LogP contribution is 2.30. The third-order valence-electron chi connectivity index (χ3n) is 3.22. The average molecular weight is 267 g/mol. The van der Waals surface area contributed by atoms with Gasteiger partial charge in [-0.2, -0.15) is 0 Å². The fourth-order valence-corrected chi connectivity index (χ4v) is 2.06. The van der Waals surface area contributed by atoms with Crippen LogP contribution in [-0.4, -0.2) is 18.5 Å². The Morgan fingerprint density at radius 2 is 2.22 bits per heavy atom. The number of carbonyl (C=O) groups is 1. The van der Waals surface area contributed by atoms with Gasteiger partial charge in [0.2, 0.25) is 0 Å². The van der Waals surface area contributed by atoms with Gasteiger partial charge in [-0.25, -0.2) is 0 Å². The van der Waals surface area contributed by atoms with Gasteiger partial charge in [0.05, 0.1) is 5.56 Å². The molecular weight excluding hydrogens is 248 g/mol. The predicted molar refractivity (Wildman–Crippen MR) is 75.3 cm³/mol. The molecule has 1 amide bonds. The van der Waals surface area contributed by atoms with E-state index in [1.54, 1.807) is 12.1 Å². The second kappa shape index (κ2) is 5.61. The number of benzene rings is 1. The molecule has 0 aromatic heterocycles. The smallest absolute Gasteiger partial charge is 0.253 e. The van der Waals surface area contributed by atoms with Crippen molar-refractivity contribution in [1.82, 2.24) is 5.32 Å². The monoisotopic (exact) mass is 266 g/mol. The summed E-state index contributed by atoms with van der Waals surface area (Å²) in [7, 11) is 0. The van der Waals surface area contributed by atoms with Crippen LogP contribution >= 0.6 is 11.6 Å². The lowest BCUT2D eigenvalue weighted by atomic mass is 10.1. The van der Waals surface area contributed by atoms with Crippen LogP contribution in [0.3, 0.4) is 0 Å². The van der Waals surface area contributed by atoms with E-state index in [0.717, 1.165) is 25.1 Å². The maximum atomic E-state index is 12.2. The summed E-state index contributed by atoms with van der Waals surface area (Å²) in [4.78, 5) is 12.2. The molecule has 2 atom stereocenters. The third-order valence-corrected chi connectivity index (χ3v) is 3.45. The van der Waals surface area contributed by atoms with E-state index in [1.807, 2.05) is 6.07 Å². The molecule has 0 radical (unpaired) electrons. The van der Waals surface area contributed by atoms with Gasteiger partial charge >= 0.3 is 0 Å². The first-order valence-corrected chi connectivity index (χ1v) is 6.84. The van der Waals surface area contributed by atoms with Crippen molar-refractivity contribution in [3.05, 3.63) is 28.8 Å². The van der Waals surface area contributed by atoms with Gasteiger partial charge in [0.25, 0.3) is 5.91 Å². The van der Waals surface area contributed by atoms with E-state index in [2.05, 4.69) is 24.5 Å². The second-order valence-corrected chi connectivity index (χ2v) is 5.35. The van der Waals surface area contributed by atoms with Crippen molar-refractivity contribution in [2.75, 3.05) is 11.9 Å². The number of hydrogen-bond donors (Lipinski definition) is 2. The number of hydrogen-bond acceptors (Lipinski definition) is 2. The van der Waals surface area contributed by atoms with Crippen LogP contribution in [0, 0.1) is 5.92 Å². The molecule has 0 bridgehead atoms. The molecule has 1 aliphatic rings. The van der Waals surface area contributed by atoms with Gasteiger partial charge in [0.1, 0.15) is 0 Å². The molecule has 1 saturated carbocycles. The third kappa shape index (κ3) is 3.16.